The number of carbonyl (C=O) groups is 1. The van der Waals surface area contributed by atoms with Gasteiger partial charge in [-0.1, -0.05) is 18.2 Å². The molecule has 138 valence electrons. The van der Waals surface area contributed by atoms with E-state index < -0.39 is 6.10 Å². The predicted octanol–water partition coefficient (Wildman–Crippen LogP) is 2.20. The Labute approximate surface area is 169 Å². The second kappa shape index (κ2) is 10.6. The number of rotatable bonds is 6. The Balaban J connectivity index is 0.00000312. The zero-order chi connectivity index (χ0) is 17.5. The lowest BCUT2D eigenvalue weighted by Gasteiger charge is -2.15. The fourth-order valence-corrected chi connectivity index (χ4v) is 3.14. The van der Waals surface area contributed by atoms with Gasteiger partial charge in [-0.3, -0.25) is 4.79 Å². The first-order chi connectivity index (χ1) is 11.5. The molecule has 8 heteroatoms. The van der Waals surface area contributed by atoms with Crippen molar-refractivity contribution < 1.29 is 9.90 Å². The summed E-state index contributed by atoms with van der Waals surface area (Å²) in [7, 11) is 3.40. The number of nitrogens with one attached hydrogen (secondary N) is 2. The second-order valence-electron chi connectivity index (χ2n) is 5.57. The number of amides is 1. The van der Waals surface area contributed by atoms with Gasteiger partial charge in [0.15, 0.2) is 5.96 Å². The van der Waals surface area contributed by atoms with Crippen LogP contribution in [0.2, 0.25) is 0 Å². The molecule has 0 aliphatic heterocycles. The van der Waals surface area contributed by atoms with Gasteiger partial charge in [-0.2, -0.15) is 0 Å². The number of hydrogen-bond acceptors (Lipinski definition) is 4. The Bertz CT molecular complexity index is 684. The van der Waals surface area contributed by atoms with E-state index in [4.69, 9.17) is 0 Å². The summed E-state index contributed by atoms with van der Waals surface area (Å²) < 4.78 is 1.16. The van der Waals surface area contributed by atoms with Gasteiger partial charge in [0.1, 0.15) is 12.6 Å². The minimum Gasteiger partial charge on any atom is -0.386 e. The molecule has 6 nitrogen and oxygen atoms in total. The standard InChI is InChI=1S/C17H24N4O2S.HI/c1-4-18-17(20-11-16(23)21(2)3)19-10-13(22)15-9-12-7-5-6-8-14(12)24-15;/h5-9,13,22H,4,10-11H2,1-3H3,(H2,18,19,20);1H. The number of aliphatic imine (C=N–C) groups is 1. The molecule has 0 saturated carbocycles. The maximum absolute atomic E-state index is 11.6. The molecule has 1 amide bonds. The largest absolute Gasteiger partial charge is 0.386 e. The van der Waals surface area contributed by atoms with Gasteiger partial charge in [0, 0.05) is 36.8 Å². The minimum atomic E-state index is -0.629. The number of guanidine groups is 1. The van der Waals surface area contributed by atoms with Crippen LogP contribution in [0.15, 0.2) is 35.3 Å². The van der Waals surface area contributed by atoms with Crippen molar-refractivity contribution in [1.29, 1.82) is 0 Å². The van der Waals surface area contributed by atoms with E-state index >= 15 is 0 Å². The predicted molar refractivity (Wildman–Crippen MR) is 115 cm³/mol. The summed E-state index contributed by atoms with van der Waals surface area (Å²) in [4.78, 5) is 18.3. The van der Waals surface area contributed by atoms with Crippen molar-refractivity contribution in [3.8, 4) is 0 Å². The molecule has 0 spiro atoms. The highest BCUT2D eigenvalue weighted by molar-refractivity contribution is 14.0. The molecule has 1 heterocycles. The van der Waals surface area contributed by atoms with Gasteiger partial charge in [0.25, 0.3) is 0 Å². The Morgan fingerprint density at radius 3 is 2.68 bits per heavy atom. The van der Waals surface area contributed by atoms with Crippen LogP contribution in [0.25, 0.3) is 10.1 Å². The molecule has 1 aromatic heterocycles. The molecule has 2 aromatic rings. The third kappa shape index (κ3) is 6.44. The SMILES string of the molecule is CCNC(=NCC(=O)N(C)C)NCC(O)c1cc2ccccc2s1.I. The monoisotopic (exact) mass is 476 g/mol. The van der Waals surface area contributed by atoms with Gasteiger partial charge in [-0.05, 0) is 24.4 Å². The molecule has 0 bridgehead atoms. The average Bonchev–Trinajstić information content (AvgIpc) is 3.00. The third-order valence-electron chi connectivity index (χ3n) is 3.45. The van der Waals surface area contributed by atoms with E-state index in [9.17, 15) is 9.90 Å². The third-order valence-corrected chi connectivity index (χ3v) is 4.67. The summed E-state index contributed by atoms with van der Waals surface area (Å²) in [5.41, 5.74) is 0. The lowest BCUT2D eigenvalue weighted by Crippen LogP contribution is -2.40. The van der Waals surface area contributed by atoms with Crippen molar-refractivity contribution in [3.05, 3.63) is 35.2 Å². The topological polar surface area (TPSA) is 77.0 Å². The first-order valence-corrected chi connectivity index (χ1v) is 8.71. The first kappa shape index (κ1) is 21.7. The van der Waals surface area contributed by atoms with E-state index in [1.54, 1.807) is 25.4 Å². The minimum absolute atomic E-state index is 0. The normalized spacial score (nSPS) is 12.4. The van der Waals surface area contributed by atoms with Crippen molar-refractivity contribution in [3.63, 3.8) is 0 Å². The Morgan fingerprint density at radius 2 is 2.04 bits per heavy atom. The molecular weight excluding hydrogens is 451 g/mol. The van der Waals surface area contributed by atoms with Crippen LogP contribution < -0.4 is 10.6 Å². The average molecular weight is 476 g/mol. The summed E-state index contributed by atoms with van der Waals surface area (Å²) >= 11 is 1.58. The van der Waals surface area contributed by atoms with Crippen molar-refractivity contribution in [2.45, 2.75) is 13.0 Å². The number of hydrogen-bond donors (Lipinski definition) is 3. The number of carbonyl (C=O) groups excluding carboxylic acids is 1. The Kier molecular flexibility index (Phi) is 9.15. The number of thiophene rings is 1. The maximum Gasteiger partial charge on any atom is 0.243 e. The van der Waals surface area contributed by atoms with Crippen LogP contribution in [0.5, 0.6) is 0 Å². The summed E-state index contributed by atoms with van der Waals surface area (Å²) in [6.07, 6.45) is -0.629. The second-order valence-corrected chi connectivity index (χ2v) is 6.68. The summed E-state index contributed by atoms with van der Waals surface area (Å²) in [5.74, 6) is 0.449. The quantitative estimate of drug-likeness (QED) is 0.340. The number of likely N-dealkylation sites (N-methyl/N-ethyl adjacent to an activating group) is 1. The summed E-state index contributed by atoms with van der Waals surface area (Å²) in [5, 5.41) is 17.7. The number of benzene rings is 1. The number of nitrogens with zero attached hydrogens (tertiary/aromatic N) is 2. The number of halogens is 1. The highest BCUT2D eigenvalue weighted by Gasteiger charge is 2.12. The summed E-state index contributed by atoms with van der Waals surface area (Å²) in [6, 6.07) is 10.1. The smallest absolute Gasteiger partial charge is 0.243 e. The van der Waals surface area contributed by atoms with Crippen molar-refractivity contribution in [2.24, 2.45) is 4.99 Å². The molecule has 1 atom stereocenters. The lowest BCUT2D eigenvalue weighted by molar-refractivity contribution is -0.127. The van der Waals surface area contributed by atoms with Gasteiger partial charge in [0.2, 0.25) is 5.91 Å². The van der Waals surface area contributed by atoms with Gasteiger partial charge < -0.3 is 20.6 Å². The van der Waals surface area contributed by atoms with E-state index in [-0.39, 0.29) is 36.4 Å². The number of aliphatic hydroxyl groups excluding tert-OH is 1. The van der Waals surface area contributed by atoms with E-state index in [2.05, 4.69) is 15.6 Å². The van der Waals surface area contributed by atoms with Crippen LogP contribution in [0.4, 0.5) is 0 Å². The zero-order valence-electron chi connectivity index (χ0n) is 14.7. The van der Waals surface area contributed by atoms with E-state index in [0.717, 1.165) is 15.0 Å². The van der Waals surface area contributed by atoms with Crippen LogP contribution in [0.3, 0.4) is 0 Å². The lowest BCUT2D eigenvalue weighted by atomic mass is 10.2. The van der Waals surface area contributed by atoms with Gasteiger partial charge in [-0.15, -0.1) is 35.3 Å². The van der Waals surface area contributed by atoms with E-state index in [0.29, 0.717) is 19.0 Å². The fraction of sp³-hybridized carbons (Fsp3) is 0.412. The van der Waals surface area contributed by atoms with E-state index in [1.807, 2.05) is 37.3 Å². The Hall–Kier alpha value is -1.39. The summed E-state index contributed by atoms with van der Waals surface area (Å²) in [6.45, 7) is 3.03. The van der Waals surface area contributed by atoms with Crippen LogP contribution in [-0.4, -0.2) is 55.6 Å². The number of fused-ring (bicyclic) bond motifs is 1. The Morgan fingerprint density at radius 1 is 1.32 bits per heavy atom. The molecule has 0 aliphatic carbocycles. The van der Waals surface area contributed by atoms with Crippen molar-refractivity contribution >= 4 is 57.3 Å². The molecule has 2 rings (SSSR count). The van der Waals surface area contributed by atoms with Gasteiger partial charge >= 0.3 is 0 Å². The maximum atomic E-state index is 11.6. The van der Waals surface area contributed by atoms with Crippen molar-refractivity contribution in [1.82, 2.24) is 15.5 Å². The fourth-order valence-electron chi connectivity index (χ4n) is 2.09. The zero-order valence-corrected chi connectivity index (χ0v) is 17.8. The molecule has 0 aliphatic rings. The van der Waals surface area contributed by atoms with Gasteiger partial charge in [-0.25, -0.2) is 4.99 Å². The highest BCUT2D eigenvalue weighted by Crippen LogP contribution is 2.29. The molecule has 0 fully saturated rings. The van der Waals surface area contributed by atoms with Crippen LogP contribution in [0, 0.1) is 0 Å². The number of aliphatic hydroxyl groups is 1. The van der Waals surface area contributed by atoms with Crippen LogP contribution in [0.1, 0.15) is 17.9 Å². The molecule has 1 unspecified atom stereocenters. The molecule has 3 N–H and O–H groups in total. The molecular formula is C17H25IN4O2S. The van der Waals surface area contributed by atoms with Crippen LogP contribution in [-0.2, 0) is 4.79 Å². The molecule has 1 aromatic carbocycles. The van der Waals surface area contributed by atoms with Gasteiger partial charge in [0.05, 0.1) is 0 Å². The van der Waals surface area contributed by atoms with Crippen LogP contribution >= 0.6 is 35.3 Å². The molecule has 0 radical (unpaired) electrons. The van der Waals surface area contributed by atoms with E-state index in [1.165, 1.54) is 4.90 Å². The first-order valence-electron chi connectivity index (χ1n) is 7.90. The molecule has 25 heavy (non-hydrogen) atoms. The van der Waals surface area contributed by atoms with Crippen molar-refractivity contribution in [2.75, 3.05) is 33.7 Å². The molecule has 0 saturated heterocycles. The highest BCUT2D eigenvalue weighted by atomic mass is 127.